The van der Waals surface area contributed by atoms with Gasteiger partial charge >= 0.3 is 30.2 Å². The number of carbonyl (C=O) groups excluding carboxylic acids is 6. The molecular formula is C44H55NO17. The number of aliphatic hydroxyl groups is 3. The predicted molar refractivity (Wildman–Crippen MR) is 212 cm³/mol. The number of Topliss-reactive ketones (excluding diaryl/α,β-unsaturated/α-hetero) is 1. The molecule has 18 nitrogen and oxygen atoms in total. The number of ketones is 1. The van der Waals surface area contributed by atoms with Gasteiger partial charge in [0, 0.05) is 25.2 Å². The molecule has 2 saturated carbocycles. The molecule has 62 heavy (non-hydrogen) atoms. The number of esters is 3. The first-order chi connectivity index (χ1) is 28.9. The third-order valence-electron chi connectivity index (χ3n) is 12.7. The van der Waals surface area contributed by atoms with Crippen molar-refractivity contribution in [2.24, 2.45) is 16.7 Å². The van der Waals surface area contributed by atoms with E-state index in [0.29, 0.717) is 0 Å². The first-order valence-electron chi connectivity index (χ1n) is 20.4. The van der Waals surface area contributed by atoms with E-state index in [2.05, 4.69) is 5.32 Å². The maximum Gasteiger partial charge on any atom is 0.509 e. The fraction of sp³-hybridized carbons (Fsp3) is 0.591. The maximum atomic E-state index is 15.6. The molecule has 4 N–H and O–H groups in total. The lowest BCUT2D eigenvalue weighted by atomic mass is 9.44. The molecule has 1 aromatic carbocycles. The summed E-state index contributed by atoms with van der Waals surface area (Å²) in [6.45, 7) is 12.8. The van der Waals surface area contributed by atoms with Crippen LogP contribution in [0.1, 0.15) is 97.3 Å². The highest BCUT2D eigenvalue weighted by molar-refractivity contribution is 5.95. The largest absolute Gasteiger partial charge is 0.509 e. The zero-order chi connectivity index (χ0) is 45.7. The number of carbonyl (C=O) groups is 6. The number of ether oxygens (including phenoxy) is 7. The minimum atomic E-state index is -2.45. The molecular weight excluding hydrogens is 814 g/mol. The summed E-state index contributed by atoms with van der Waals surface area (Å²) < 4.78 is 46.0. The van der Waals surface area contributed by atoms with Gasteiger partial charge < -0.3 is 58.2 Å². The number of benzene rings is 1. The normalized spacial score (nSPS) is 32.2. The zero-order valence-electron chi connectivity index (χ0n) is 36.1. The molecule has 4 aliphatic rings. The van der Waals surface area contributed by atoms with Gasteiger partial charge in [-0.3, -0.25) is 9.59 Å². The van der Waals surface area contributed by atoms with E-state index in [1.54, 1.807) is 39.0 Å². The number of hydrogen-bond donors (Lipinski definition) is 4. The van der Waals surface area contributed by atoms with Gasteiger partial charge in [0.05, 0.1) is 42.5 Å². The van der Waals surface area contributed by atoms with Crippen molar-refractivity contribution in [1.29, 1.82) is 0 Å². The average Bonchev–Trinajstić information content (AvgIpc) is 3.72. The fourth-order valence-electron chi connectivity index (χ4n) is 9.65. The van der Waals surface area contributed by atoms with Gasteiger partial charge in [-0.25, -0.2) is 19.2 Å². The van der Waals surface area contributed by atoms with Gasteiger partial charge in [0.2, 0.25) is 0 Å². The van der Waals surface area contributed by atoms with E-state index in [1.807, 2.05) is 0 Å². The van der Waals surface area contributed by atoms with Crippen molar-refractivity contribution >= 4 is 35.9 Å². The Kier molecular flexibility index (Phi) is 12.5. The number of aliphatic hydroxyl groups excluding tert-OH is 2. The van der Waals surface area contributed by atoms with Crippen molar-refractivity contribution in [2.45, 2.75) is 135 Å². The monoisotopic (exact) mass is 869 g/mol. The van der Waals surface area contributed by atoms with E-state index in [9.17, 15) is 39.3 Å². The zero-order valence-corrected chi connectivity index (χ0v) is 36.1. The number of amides is 1. The first kappa shape index (κ1) is 46.2. The van der Waals surface area contributed by atoms with Crippen molar-refractivity contribution in [2.75, 3.05) is 13.2 Å². The summed E-state index contributed by atoms with van der Waals surface area (Å²) in [6, 6.07) is 9.06. The van der Waals surface area contributed by atoms with E-state index in [-0.39, 0.29) is 42.1 Å². The summed E-state index contributed by atoms with van der Waals surface area (Å²) >= 11 is 0. The molecule has 0 spiro atoms. The van der Waals surface area contributed by atoms with Crippen LogP contribution in [0, 0.1) is 16.7 Å². The van der Waals surface area contributed by atoms with Gasteiger partial charge in [-0.2, -0.15) is 0 Å². The highest BCUT2D eigenvalue weighted by Gasteiger charge is 2.78. The van der Waals surface area contributed by atoms with Gasteiger partial charge in [-0.15, -0.1) is 0 Å². The third kappa shape index (κ3) is 7.97. The molecule has 3 aliphatic carbocycles. The lowest BCUT2D eigenvalue weighted by Crippen LogP contribution is -2.82. The average molecular weight is 870 g/mol. The standard InChI is InChI=1S/C44H55NO17/c1-10-55-39(53)59-32-29-22(2)26(58-37(51)31(48)30(25-17-14-18-56-25)45-38(52)62-40(4,5)6)20-44(54,41(29,7)8)35(60-36(50)24-15-12-11-13-16-24)33-42(9,34(32)49)27(47)19-28-43(33,21-57-28)61-23(3)46/h11-18,26-28,30-33,35,47-48,54H,10,19-21H2,1-9H3,(H,45,52)/t26-,27-,28+,30-,31+,32+,33?,35?,42+,43-,44+/m0/s1. The second kappa shape index (κ2) is 16.8. The smallest absolute Gasteiger partial charge is 0.467 e. The van der Waals surface area contributed by atoms with Crippen LogP contribution in [0.2, 0.25) is 0 Å². The summed E-state index contributed by atoms with van der Waals surface area (Å²) in [7, 11) is 0. The van der Waals surface area contributed by atoms with Crippen LogP contribution >= 0.6 is 0 Å². The molecule has 3 fully saturated rings. The third-order valence-corrected chi connectivity index (χ3v) is 12.7. The van der Waals surface area contributed by atoms with Gasteiger partial charge in [-0.05, 0) is 77.0 Å². The number of nitrogens with one attached hydrogen (secondary N) is 1. The van der Waals surface area contributed by atoms with E-state index in [4.69, 9.17) is 37.6 Å². The van der Waals surface area contributed by atoms with Gasteiger partial charge in [0.25, 0.3) is 0 Å². The second-order valence-corrected chi connectivity index (χ2v) is 18.0. The predicted octanol–water partition coefficient (Wildman–Crippen LogP) is 4.03. The van der Waals surface area contributed by atoms with Crippen molar-refractivity contribution in [3.8, 4) is 0 Å². The minimum Gasteiger partial charge on any atom is -0.467 e. The van der Waals surface area contributed by atoms with Crippen LogP contribution in [0.4, 0.5) is 9.59 Å². The van der Waals surface area contributed by atoms with E-state index < -0.39 is 119 Å². The lowest BCUT2D eigenvalue weighted by Gasteiger charge is -2.67. The Balaban J connectivity index is 1.55. The molecule has 2 aromatic rings. The number of furan rings is 1. The van der Waals surface area contributed by atoms with Crippen LogP contribution < -0.4 is 5.32 Å². The quantitative estimate of drug-likeness (QED) is 0.149. The number of hydrogen-bond acceptors (Lipinski definition) is 17. The molecule has 2 heterocycles. The molecule has 0 radical (unpaired) electrons. The Morgan fingerprint density at radius 1 is 1.00 bits per heavy atom. The molecule has 338 valence electrons. The van der Waals surface area contributed by atoms with Crippen molar-refractivity contribution in [1.82, 2.24) is 5.32 Å². The molecule has 2 bridgehead atoms. The molecule has 11 atom stereocenters. The number of alkyl carbamates (subject to hydrolysis) is 1. The van der Waals surface area contributed by atoms with Gasteiger partial charge in [-0.1, -0.05) is 32.0 Å². The molecule has 1 saturated heterocycles. The Morgan fingerprint density at radius 2 is 1.68 bits per heavy atom. The van der Waals surface area contributed by atoms with Crippen molar-refractivity contribution < 1.29 is 81.7 Å². The molecule has 1 aromatic heterocycles. The number of fused-ring (bicyclic) bond motifs is 5. The Labute approximate surface area is 358 Å². The van der Waals surface area contributed by atoms with Crippen LogP contribution in [0.25, 0.3) is 0 Å². The molecule has 1 amide bonds. The Morgan fingerprint density at radius 3 is 2.24 bits per heavy atom. The van der Waals surface area contributed by atoms with Crippen molar-refractivity contribution in [3.63, 3.8) is 0 Å². The molecule has 18 heteroatoms. The van der Waals surface area contributed by atoms with E-state index in [0.717, 1.165) is 6.92 Å². The van der Waals surface area contributed by atoms with Crippen molar-refractivity contribution in [3.05, 3.63) is 71.2 Å². The summed E-state index contributed by atoms with van der Waals surface area (Å²) in [5, 5.41) is 39.8. The van der Waals surface area contributed by atoms with Gasteiger partial charge in [0.1, 0.15) is 41.3 Å². The van der Waals surface area contributed by atoms with E-state index >= 15 is 4.79 Å². The highest BCUT2D eigenvalue weighted by Crippen LogP contribution is 2.64. The fourth-order valence-corrected chi connectivity index (χ4v) is 9.65. The highest BCUT2D eigenvalue weighted by atomic mass is 16.7. The maximum absolute atomic E-state index is 15.6. The van der Waals surface area contributed by atoms with E-state index in [1.165, 1.54) is 65.1 Å². The molecule has 1 aliphatic heterocycles. The Bertz CT molecular complexity index is 2090. The SMILES string of the molecule is CCOC(=O)O[C@H]1C(=O)[C@@]2(C)C(C(OC(=O)c3ccccc3)[C@]3(O)C[C@H](OC(=O)[C@H](O)[C@@H](NC(=O)OC(C)(C)C)c4ccco4)C(C)=C1C3(C)C)[C@]1(OC(C)=O)CO[C@@H]1C[C@@H]2O. The van der Waals surface area contributed by atoms with Crippen LogP contribution in [0.5, 0.6) is 0 Å². The Hall–Kier alpha value is -5.30. The summed E-state index contributed by atoms with van der Waals surface area (Å²) in [5.41, 5.74) is -9.04. The van der Waals surface area contributed by atoms with Crippen LogP contribution in [-0.2, 0) is 47.5 Å². The first-order valence-corrected chi connectivity index (χ1v) is 20.4. The van der Waals surface area contributed by atoms with Gasteiger partial charge in [0.15, 0.2) is 23.6 Å². The molecule has 2 unspecified atom stereocenters. The summed E-state index contributed by atoms with van der Waals surface area (Å²) in [5.74, 6) is -5.69. The summed E-state index contributed by atoms with van der Waals surface area (Å²) in [4.78, 5) is 83.2. The molecule has 6 rings (SSSR count). The lowest BCUT2D eigenvalue weighted by molar-refractivity contribution is -0.346. The topological polar surface area (TPSA) is 253 Å². The summed E-state index contributed by atoms with van der Waals surface area (Å²) in [6.07, 6.45) is -12.1. The van der Waals surface area contributed by atoms with Crippen LogP contribution in [0.3, 0.4) is 0 Å². The second-order valence-electron chi connectivity index (χ2n) is 18.0. The minimum absolute atomic E-state index is 0.0436. The van der Waals surface area contributed by atoms with Crippen LogP contribution in [0.15, 0.2) is 64.3 Å². The van der Waals surface area contributed by atoms with Crippen LogP contribution in [-0.4, -0.2) is 118 Å². The number of rotatable bonds is 10.